The number of fused-ring (bicyclic) bond motifs is 2. The smallest absolute Gasteiger partial charge is 0.216 e. The van der Waals surface area contributed by atoms with E-state index in [1.54, 1.807) is 4.88 Å². The van der Waals surface area contributed by atoms with Crippen molar-refractivity contribution in [3.05, 3.63) is 57.3 Å². The molecule has 5 rings (SSSR count). The van der Waals surface area contributed by atoms with E-state index in [2.05, 4.69) is 29.5 Å². The van der Waals surface area contributed by atoms with Gasteiger partial charge in [-0.1, -0.05) is 37.3 Å². The van der Waals surface area contributed by atoms with Crippen LogP contribution in [0.25, 0.3) is 0 Å². The number of nitrogens with one attached hydrogen (secondary N) is 1. The van der Waals surface area contributed by atoms with E-state index in [0.717, 1.165) is 63.8 Å². The topological polar surface area (TPSA) is 58.6 Å². The molecule has 1 saturated heterocycles. The van der Waals surface area contributed by atoms with Crippen molar-refractivity contribution in [3.8, 4) is 0 Å². The molecule has 33 heavy (non-hydrogen) atoms. The van der Waals surface area contributed by atoms with Gasteiger partial charge in [-0.2, -0.15) is 0 Å². The second kappa shape index (κ2) is 9.42. The van der Waals surface area contributed by atoms with Gasteiger partial charge in [-0.05, 0) is 62.1 Å². The number of aryl methyl sites for hydroxylation is 1. The summed E-state index contributed by atoms with van der Waals surface area (Å²) in [7, 11) is -3.29. The molecule has 2 aliphatic heterocycles. The third-order valence-electron chi connectivity index (χ3n) is 7.73. The van der Waals surface area contributed by atoms with Crippen molar-refractivity contribution in [2.24, 2.45) is 5.92 Å². The fourth-order valence-electron chi connectivity index (χ4n) is 5.95. The fourth-order valence-corrected chi connectivity index (χ4v) is 8.54. The van der Waals surface area contributed by atoms with Gasteiger partial charge in [0.05, 0.1) is 18.0 Å². The Kier molecular flexibility index (Phi) is 6.71. The molecule has 3 aliphatic rings. The lowest BCUT2D eigenvalue weighted by Gasteiger charge is -2.49. The lowest BCUT2D eigenvalue weighted by atomic mass is 9.77. The van der Waals surface area contributed by atoms with Crippen molar-refractivity contribution in [1.29, 1.82) is 0 Å². The van der Waals surface area contributed by atoms with Crippen LogP contribution in [0.1, 0.15) is 60.4 Å². The first-order chi connectivity index (χ1) is 15.9. The molecule has 0 radical (unpaired) electrons. The Bertz CT molecular complexity index is 1060. The van der Waals surface area contributed by atoms with Gasteiger partial charge in [-0.15, -0.1) is 11.3 Å². The molecule has 1 aromatic heterocycles. The molecular weight excluding hydrogens is 452 g/mol. The summed E-state index contributed by atoms with van der Waals surface area (Å²) in [5.41, 5.74) is 2.21. The van der Waals surface area contributed by atoms with Crippen molar-refractivity contribution in [3.63, 3.8) is 0 Å². The monoisotopic (exact) mass is 488 g/mol. The van der Waals surface area contributed by atoms with Crippen molar-refractivity contribution in [2.75, 3.05) is 19.7 Å². The summed E-state index contributed by atoms with van der Waals surface area (Å²) >= 11 is 1.98. The number of likely N-dealkylation sites (tertiary alicyclic amines) is 1. The van der Waals surface area contributed by atoms with Crippen LogP contribution in [0.2, 0.25) is 0 Å². The fraction of sp³-hybridized carbons (Fsp3) is 0.615. The van der Waals surface area contributed by atoms with Crippen LogP contribution < -0.4 is 4.72 Å². The molecule has 1 saturated carbocycles. The maximum Gasteiger partial charge on any atom is 0.216 e. The third-order valence-corrected chi connectivity index (χ3v) is 10.5. The van der Waals surface area contributed by atoms with Crippen molar-refractivity contribution < 1.29 is 13.2 Å². The number of nitrogens with zero attached hydrogens (tertiary/aromatic N) is 1. The summed E-state index contributed by atoms with van der Waals surface area (Å²) in [6.45, 7) is 7.54. The SMILES string of the molecule is CCc1cc2c(s1)CCO[C@@]21CCN(C[C@H]2C[C@@H](NS(=O)(=O)Cc3ccccc3)C2)[C@@H](C)C1. The van der Waals surface area contributed by atoms with Crippen molar-refractivity contribution in [2.45, 2.75) is 75.8 Å². The quantitative estimate of drug-likeness (QED) is 0.625. The van der Waals surface area contributed by atoms with Crippen molar-refractivity contribution >= 4 is 21.4 Å². The van der Waals surface area contributed by atoms with E-state index < -0.39 is 10.0 Å². The van der Waals surface area contributed by atoms with Gasteiger partial charge in [-0.3, -0.25) is 0 Å². The largest absolute Gasteiger partial charge is 0.370 e. The Morgan fingerprint density at radius 1 is 1.24 bits per heavy atom. The molecule has 5 nitrogen and oxygen atoms in total. The van der Waals surface area contributed by atoms with Crippen LogP contribution in [-0.2, 0) is 39.0 Å². The van der Waals surface area contributed by atoms with Gasteiger partial charge in [0.25, 0.3) is 0 Å². The normalized spacial score (nSPS) is 30.2. The molecule has 180 valence electrons. The van der Waals surface area contributed by atoms with Crippen LogP contribution in [0.3, 0.4) is 0 Å². The third kappa shape index (κ3) is 5.08. The minimum atomic E-state index is -3.29. The minimum absolute atomic E-state index is 0.0601. The maximum absolute atomic E-state index is 12.5. The predicted molar refractivity (Wildman–Crippen MR) is 134 cm³/mol. The van der Waals surface area contributed by atoms with E-state index in [0.29, 0.717) is 12.0 Å². The summed E-state index contributed by atoms with van der Waals surface area (Å²) in [4.78, 5) is 5.63. The molecule has 2 aromatic rings. The molecular formula is C26H36N2O3S2. The average Bonchev–Trinajstić information content (AvgIpc) is 3.19. The number of ether oxygens (including phenoxy) is 1. The Morgan fingerprint density at radius 3 is 2.76 bits per heavy atom. The van der Waals surface area contributed by atoms with Gasteiger partial charge in [-0.25, -0.2) is 13.1 Å². The molecule has 3 heterocycles. The highest BCUT2D eigenvalue weighted by atomic mass is 32.2. The molecule has 1 aliphatic carbocycles. The van der Waals surface area contributed by atoms with E-state index in [1.165, 1.54) is 10.4 Å². The Balaban J connectivity index is 1.12. The summed E-state index contributed by atoms with van der Waals surface area (Å²) in [5.74, 6) is 0.631. The Morgan fingerprint density at radius 2 is 2.03 bits per heavy atom. The molecule has 1 N–H and O–H groups in total. The van der Waals surface area contributed by atoms with Crippen LogP contribution in [0, 0.1) is 5.92 Å². The number of sulfonamides is 1. The number of thiophene rings is 1. The summed E-state index contributed by atoms with van der Waals surface area (Å²) in [5, 5.41) is 0. The highest BCUT2D eigenvalue weighted by Crippen LogP contribution is 2.46. The van der Waals surface area contributed by atoms with Gasteiger partial charge < -0.3 is 9.64 Å². The van der Waals surface area contributed by atoms with Gasteiger partial charge in [0.1, 0.15) is 0 Å². The zero-order valence-corrected chi connectivity index (χ0v) is 21.4. The first kappa shape index (κ1) is 23.5. The molecule has 2 atom stereocenters. The average molecular weight is 489 g/mol. The Labute approximate surface area is 202 Å². The van der Waals surface area contributed by atoms with E-state index in [4.69, 9.17) is 4.74 Å². The molecule has 1 spiro atoms. The second-order valence-corrected chi connectivity index (χ2v) is 13.2. The lowest BCUT2D eigenvalue weighted by molar-refractivity contribution is -0.114. The van der Waals surface area contributed by atoms with Gasteiger partial charge in [0, 0.05) is 41.3 Å². The molecule has 2 fully saturated rings. The first-order valence-corrected chi connectivity index (χ1v) is 14.9. The molecule has 0 bridgehead atoms. The molecule has 7 heteroatoms. The minimum Gasteiger partial charge on any atom is -0.370 e. The van der Waals surface area contributed by atoms with E-state index in [1.807, 2.05) is 41.7 Å². The number of piperidine rings is 1. The molecule has 1 aromatic carbocycles. The van der Waals surface area contributed by atoms with Crippen LogP contribution in [0.4, 0.5) is 0 Å². The summed E-state index contributed by atoms with van der Waals surface area (Å²) in [6, 6.07) is 12.4. The number of hydrogen-bond acceptors (Lipinski definition) is 5. The van der Waals surface area contributed by atoms with E-state index in [-0.39, 0.29) is 17.4 Å². The zero-order valence-electron chi connectivity index (χ0n) is 19.8. The number of rotatable bonds is 7. The lowest BCUT2D eigenvalue weighted by Crippen LogP contribution is -2.54. The van der Waals surface area contributed by atoms with Crippen LogP contribution in [-0.4, -0.2) is 45.1 Å². The second-order valence-electron chi connectivity index (χ2n) is 10.2. The standard InChI is InChI=1S/C26H36N2O3S2/c1-3-23-15-24-25(32-23)9-12-31-26(24)10-11-28(19(2)16-26)17-21-13-22(14-21)27-33(29,30)18-20-7-5-4-6-8-20/h4-8,15,19,21-22,27H,3,9-14,16-18H2,1-2H3/t19-,21-,22+,26+/m0/s1. The predicted octanol–water partition coefficient (Wildman–Crippen LogP) is 4.46. The van der Waals surface area contributed by atoms with Gasteiger partial charge >= 0.3 is 0 Å². The van der Waals surface area contributed by atoms with Crippen LogP contribution in [0.5, 0.6) is 0 Å². The first-order valence-electron chi connectivity index (χ1n) is 12.4. The summed E-state index contributed by atoms with van der Waals surface area (Å²) in [6.07, 6.45) is 6.15. The maximum atomic E-state index is 12.5. The molecule has 0 amide bonds. The summed E-state index contributed by atoms with van der Waals surface area (Å²) < 4.78 is 34.4. The van der Waals surface area contributed by atoms with E-state index in [9.17, 15) is 8.42 Å². The van der Waals surface area contributed by atoms with Gasteiger partial charge in [0.2, 0.25) is 10.0 Å². The van der Waals surface area contributed by atoms with Crippen molar-refractivity contribution in [1.82, 2.24) is 9.62 Å². The van der Waals surface area contributed by atoms with Gasteiger partial charge in [0.15, 0.2) is 0 Å². The van der Waals surface area contributed by atoms with Crippen LogP contribution in [0.15, 0.2) is 36.4 Å². The highest BCUT2D eigenvalue weighted by molar-refractivity contribution is 7.88. The molecule has 0 unspecified atom stereocenters. The Hall–Kier alpha value is -1.25. The highest BCUT2D eigenvalue weighted by Gasteiger charge is 2.45. The zero-order chi connectivity index (χ0) is 23.1. The number of benzene rings is 1. The number of hydrogen-bond donors (Lipinski definition) is 1. The van der Waals surface area contributed by atoms with Crippen LogP contribution >= 0.6 is 11.3 Å². The van der Waals surface area contributed by atoms with E-state index >= 15 is 0 Å².